The number of benzene rings is 1. The van der Waals surface area contributed by atoms with Gasteiger partial charge in [-0.3, -0.25) is 0 Å². The van der Waals surface area contributed by atoms with E-state index >= 15 is 0 Å². The maximum absolute atomic E-state index is 8.68. The third kappa shape index (κ3) is 4.66. The number of nitrogens with one attached hydrogen (secondary N) is 1. The van der Waals surface area contributed by atoms with Crippen molar-refractivity contribution in [2.75, 3.05) is 5.32 Å². The van der Waals surface area contributed by atoms with E-state index in [1.807, 2.05) is 10.8 Å². The summed E-state index contributed by atoms with van der Waals surface area (Å²) in [5.74, 6) is 0.193. The fraction of sp³-hybridized carbons (Fsp3) is 0. The summed E-state index contributed by atoms with van der Waals surface area (Å²) in [6, 6.07) is 4.88. The van der Waals surface area contributed by atoms with Crippen LogP contribution in [0.25, 0.3) is 0 Å². The minimum Gasteiger partial charge on any atom is -0.324 e. The van der Waals surface area contributed by atoms with Crippen molar-refractivity contribution in [3.8, 4) is 10.8 Å². The van der Waals surface area contributed by atoms with Gasteiger partial charge in [0.15, 0.2) is 0 Å². The predicted octanol–water partition coefficient (Wildman–Crippen LogP) is 4.07. The molecule has 0 fully saturated rings. The largest absolute Gasteiger partial charge is 0.324 e. The van der Waals surface area contributed by atoms with Crippen molar-refractivity contribution >= 4 is 58.4 Å². The van der Waals surface area contributed by atoms with Crippen LogP contribution in [0.2, 0.25) is 10.0 Å². The molecule has 0 amide bonds. The molecule has 1 N–H and O–H groups in total. The summed E-state index contributed by atoms with van der Waals surface area (Å²) in [4.78, 5) is 12.1. The van der Waals surface area contributed by atoms with Crippen LogP contribution in [0.1, 0.15) is 0 Å². The molecular formula is C11H4Cl2N6S2. The van der Waals surface area contributed by atoms with E-state index in [0.29, 0.717) is 15.7 Å². The number of hydrogen-bond donors (Lipinski definition) is 1. The Bertz CT molecular complexity index is 701. The highest BCUT2D eigenvalue weighted by molar-refractivity contribution is 8.04. The van der Waals surface area contributed by atoms with E-state index in [4.69, 9.17) is 33.7 Å². The number of rotatable bonds is 4. The Morgan fingerprint density at radius 1 is 0.905 bits per heavy atom. The number of anilines is 2. The van der Waals surface area contributed by atoms with Crippen molar-refractivity contribution in [1.82, 2.24) is 15.0 Å². The lowest BCUT2D eigenvalue weighted by Gasteiger charge is -2.07. The molecule has 104 valence electrons. The monoisotopic (exact) mass is 354 g/mol. The number of hydrogen-bond acceptors (Lipinski definition) is 8. The summed E-state index contributed by atoms with van der Waals surface area (Å²) in [6.45, 7) is 0. The van der Waals surface area contributed by atoms with Crippen LogP contribution in [-0.4, -0.2) is 15.0 Å². The van der Waals surface area contributed by atoms with Crippen molar-refractivity contribution < 1.29 is 0 Å². The van der Waals surface area contributed by atoms with Gasteiger partial charge >= 0.3 is 0 Å². The molecule has 1 heterocycles. The molecule has 0 bridgehead atoms. The first-order valence-corrected chi connectivity index (χ1v) is 7.60. The topological polar surface area (TPSA) is 98.3 Å². The van der Waals surface area contributed by atoms with Crippen LogP contribution in [0.5, 0.6) is 0 Å². The average Bonchev–Trinajstić information content (AvgIpc) is 2.37. The van der Waals surface area contributed by atoms with Crippen LogP contribution in [0.15, 0.2) is 28.5 Å². The molecule has 1 aromatic heterocycles. The third-order valence-corrected chi connectivity index (χ3v) is 3.34. The van der Waals surface area contributed by atoms with Crippen LogP contribution >= 0.6 is 46.7 Å². The summed E-state index contributed by atoms with van der Waals surface area (Å²) in [5.41, 5.74) is 0.583. The molecule has 0 saturated carbocycles. The van der Waals surface area contributed by atoms with Crippen LogP contribution in [0.4, 0.5) is 11.6 Å². The molecule has 0 aliphatic heterocycles. The Hall–Kier alpha value is -1.71. The molecule has 0 unspecified atom stereocenters. The quantitative estimate of drug-likeness (QED) is 0.647. The highest BCUT2D eigenvalue weighted by Crippen LogP contribution is 2.25. The zero-order valence-corrected chi connectivity index (χ0v) is 13.2. The Balaban J connectivity index is 2.34. The van der Waals surface area contributed by atoms with E-state index in [9.17, 15) is 0 Å². The molecule has 10 heteroatoms. The van der Waals surface area contributed by atoms with Gasteiger partial charge in [0, 0.05) is 39.3 Å². The normalized spacial score (nSPS) is 9.71. The maximum Gasteiger partial charge on any atom is 0.232 e. The minimum atomic E-state index is 0.193. The van der Waals surface area contributed by atoms with E-state index < -0.39 is 0 Å². The molecular weight excluding hydrogens is 351 g/mol. The van der Waals surface area contributed by atoms with Crippen molar-refractivity contribution in [3.05, 3.63) is 28.2 Å². The second-order valence-electron chi connectivity index (χ2n) is 3.39. The Kier molecular flexibility index (Phi) is 5.48. The maximum atomic E-state index is 8.68. The SMILES string of the molecule is N#CSc1nc(Nc2cc(Cl)cc(Cl)c2)nc(SC#N)n1. The molecule has 0 aliphatic carbocycles. The van der Waals surface area contributed by atoms with Crippen LogP contribution in [0, 0.1) is 21.3 Å². The third-order valence-electron chi connectivity index (χ3n) is 1.99. The number of halogens is 2. The zero-order valence-electron chi connectivity index (χ0n) is 10.0. The van der Waals surface area contributed by atoms with Gasteiger partial charge in [-0.1, -0.05) is 23.2 Å². The molecule has 0 spiro atoms. The number of thiocyanates is 2. The van der Waals surface area contributed by atoms with Gasteiger partial charge in [-0.05, 0) is 18.2 Å². The summed E-state index contributed by atoms with van der Waals surface area (Å²) in [7, 11) is 0. The lowest BCUT2D eigenvalue weighted by molar-refractivity contribution is 0.814. The molecule has 0 radical (unpaired) electrons. The second kappa shape index (κ2) is 7.34. The molecule has 0 aliphatic rings. The second-order valence-corrected chi connectivity index (χ2v) is 5.77. The van der Waals surface area contributed by atoms with Gasteiger partial charge in [-0.25, -0.2) is 0 Å². The number of nitrogens with zero attached hydrogens (tertiary/aromatic N) is 5. The van der Waals surface area contributed by atoms with Crippen LogP contribution in [-0.2, 0) is 0 Å². The molecule has 0 saturated heterocycles. The molecule has 6 nitrogen and oxygen atoms in total. The fourth-order valence-corrected chi connectivity index (χ4v) is 2.60. The van der Waals surface area contributed by atoms with E-state index in [0.717, 1.165) is 23.5 Å². The first kappa shape index (κ1) is 15.7. The van der Waals surface area contributed by atoms with E-state index in [-0.39, 0.29) is 16.3 Å². The molecule has 1 aromatic carbocycles. The molecule has 0 atom stereocenters. The first-order chi connectivity index (χ1) is 10.1. The summed E-state index contributed by atoms with van der Waals surface area (Å²) >= 11 is 13.4. The summed E-state index contributed by atoms with van der Waals surface area (Å²) in [5, 5.41) is 25.3. The number of aromatic nitrogens is 3. The van der Waals surface area contributed by atoms with E-state index in [1.54, 1.807) is 18.2 Å². The standard InChI is InChI=1S/C11H4Cl2N6S2/c12-6-1-7(13)3-8(2-6)16-9-17-10(20-4-14)19-11(18-9)21-5-15/h1-3H,(H,16,17,18,19). The van der Waals surface area contributed by atoms with Gasteiger partial charge in [0.25, 0.3) is 0 Å². The fourth-order valence-electron chi connectivity index (χ4n) is 1.32. The van der Waals surface area contributed by atoms with Crippen LogP contribution in [0.3, 0.4) is 0 Å². The van der Waals surface area contributed by atoms with Gasteiger partial charge in [-0.2, -0.15) is 25.5 Å². The molecule has 2 aromatic rings. The van der Waals surface area contributed by atoms with Gasteiger partial charge in [0.1, 0.15) is 10.8 Å². The van der Waals surface area contributed by atoms with Crippen molar-refractivity contribution in [2.45, 2.75) is 10.3 Å². The minimum absolute atomic E-state index is 0.193. The van der Waals surface area contributed by atoms with Crippen molar-refractivity contribution in [1.29, 1.82) is 10.5 Å². The smallest absolute Gasteiger partial charge is 0.232 e. The van der Waals surface area contributed by atoms with Gasteiger partial charge < -0.3 is 5.32 Å². The van der Waals surface area contributed by atoms with E-state index in [2.05, 4.69) is 20.3 Å². The molecule has 21 heavy (non-hydrogen) atoms. The lowest BCUT2D eigenvalue weighted by Crippen LogP contribution is -2.01. The molecule has 2 rings (SSSR count). The van der Waals surface area contributed by atoms with Gasteiger partial charge in [0.05, 0.1) is 0 Å². The zero-order chi connectivity index (χ0) is 15.2. The highest BCUT2D eigenvalue weighted by atomic mass is 35.5. The van der Waals surface area contributed by atoms with Crippen molar-refractivity contribution in [3.63, 3.8) is 0 Å². The Morgan fingerprint density at radius 3 is 1.90 bits per heavy atom. The summed E-state index contributed by atoms with van der Waals surface area (Å²) < 4.78 is 0. The average molecular weight is 355 g/mol. The van der Waals surface area contributed by atoms with Crippen LogP contribution < -0.4 is 5.32 Å². The Morgan fingerprint density at radius 2 is 1.43 bits per heavy atom. The van der Waals surface area contributed by atoms with Crippen molar-refractivity contribution in [2.24, 2.45) is 0 Å². The first-order valence-electron chi connectivity index (χ1n) is 5.22. The highest BCUT2D eigenvalue weighted by Gasteiger charge is 2.09. The Labute approximate surface area is 138 Å². The lowest BCUT2D eigenvalue weighted by atomic mass is 10.3. The van der Waals surface area contributed by atoms with E-state index in [1.165, 1.54) is 0 Å². The van der Waals surface area contributed by atoms with Gasteiger partial charge in [0.2, 0.25) is 16.3 Å². The number of nitriles is 2. The summed E-state index contributed by atoms with van der Waals surface area (Å²) in [6.07, 6.45) is 0. The number of thioether (sulfide) groups is 2. The predicted molar refractivity (Wildman–Crippen MR) is 82.5 cm³/mol. The van der Waals surface area contributed by atoms with Gasteiger partial charge in [-0.15, -0.1) is 0 Å².